The van der Waals surface area contributed by atoms with E-state index in [0.29, 0.717) is 12.1 Å². The van der Waals surface area contributed by atoms with Crippen molar-refractivity contribution in [3.63, 3.8) is 0 Å². The Kier molecular flexibility index (Phi) is 4.98. The Morgan fingerprint density at radius 2 is 2.17 bits per heavy atom. The molecule has 24 heavy (non-hydrogen) atoms. The first-order chi connectivity index (χ1) is 11.8. The summed E-state index contributed by atoms with van der Waals surface area (Å²) >= 11 is 1.87. The molecule has 0 aromatic carbocycles. The number of hydrogen-bond donors (Lipinski definition) is 0. The van der Waals surface area contributed by atoms with E-state index in [1.165, 1.54) is 23.4 Å². The Morgan fingerprint density at radius 1 is 1.29 bits per heavy atom. The molecule has 2 aromatic heterocycles. The van der Waals surface area contributed by atoms with Gasteiger partial charge in [-0.1, -0.05) is 6.07 Å². The summed E-state index contributed by atoms with van der Waals surface area (Å²) in [5, 5.41) is 6.55. The molecule has 2 aliphatic heterocycles. The molecule has 0 radical (unpaired) electrons. The molecule has 2 saturated heterocycles. The van der Waals surface area contributed by atoms with E-state index >= 15 is 0 Å². The van der Waals surface area contributed by atoms with Gasteiger partial charge in [0.1, 0.15) is 0 Å². The minimum absolute atomic E-state index is 0.564. The third kappa shape index (κ3) is 3.57. The van der Waals surface area contributed by atoms with Gasteiger partial charge in [-0.3, -0.25) is 14.5 Å². The fourth-order valence-corrected chi connectivity index (χ4v) is 4.85. The maximum Gasteiger partial charge on any atom is 0.0594 e. The van der Waals surface area contributed by atoms with Gasteiger partial charge in [-0.25, -0.2) is 0 Å². The first kappa shape index (κ1) is 16.3. The van der Waals surface area contributed by atoms with Crippen molar-refractivity contribution < 1.29 is 4.74 Å². The number of aromatic nitrogens is 2. The van der Waals surface area contributed by atoms with Crippen LogP contribution >= 0.6 is 11.3 Å². The van der Waals surface area contributed by atoms with Crippen LogP contribution in [0.3, 0.4) is 0 Å². The number of aryl methyl sites for hydroxylation is 1. The molecule has 4 heterocycles. The number of thiophene rings is 1. The van der Waals surface area contributed by atoms with Crippen LogP contribution in [0.5, 0.6) is 0 Å². The van der Waals surface area contributed by atoms with Crippen LogP contribution in [0, 0.1) is 0 Å². The summed E-state index contributed by atoms with van der Waals surface area (Å²) in [6.07, 6.45) is 6.54. The Morgan fingerprint density at radius 3 is 2.88 bits per heavy atom. The van der Waals surface area contributed by atoms with Crippen molar-refractivity contribution in [1.82, 2.24) is 19.6 Å². The van der Waals surface area contributed by atoms with E-state index in [1.807, 2.05) is 29.3 Å². The second-order valence-corrected chi connectivity index (χ2v) is 7.88. The Bertz CT molecular complexity index is 635. The van der Waals surface area contributed by atoms with Crippen LogP contribution in [0.25, 0.3) is 0 Å². The number of likely N-dealkylation sites (tertiary alicyclic amines) is 1. The topological polar surface area (TPSA) is 33.5 Å². The lowest BCUT2D eigenvalue weighted by molar-refractivity contribution is 0.00794. The lowest BCUT2D eigenvalue weighted by atomic mass is 10.00. The maximum absolute atomic E-state index is 5.56. The minimum Gasteiger partial charge on any atom is -0.379 e. The van der Waals surface area contributed by atoms with Crippen LogP contribution in [0.2, 0.25) is 0 Å². The average Bonchev–Trinajstić information content (AvgIpc) is 3.33. The predicted molar refractivity (Wildman–Crippen MR) is 96.2 cm³/mol. The number of ether oxygens (including phenoxy) is 1. The number of morpholine rings is 1. The molecule has 0 unspecified atom stereocenters. The highest BCUT2D eigenvalue weighted by Crippen LogP contribution is 2.29. The van der Waals surface area contributed by atoms with Crippen molar-refractivity contribution in [3.05, 3.63) is 40.3 Å². The highest BCUT2D eigenvalue weighted by atomic mass is 32.1. The molecule has 130 valence electrons. The molecule has 0 N–H and O–H groups in total. The molecule has 0 aliphatic carbocycles. The molecular formula is C18H26N4OS. The van der Waals surface area contributed by atoms with E-state index in [9.17, 15) is 0 Å². The lowest BCUT2D eigenvalue weighted by Crippen LogP contribution is -2.50. The molecule has 0 bridgehead atoms. The fourth-order valence-electron chi connectivity index (χ4n) is 4.12. The highest BCUT2D eigenvalue weighted by molar-refractivity contribution is 7.09. The normalized spacial score (nSPS) is 26.2. The number of rotatable bonds is 5. The van der Waals surface area contributed by atoms with E-state index in [4.69, 9.17) is 4.74 Å². The van der Waals surface area contributed by atoms with Gasteiger partial charge in [0.05, 0.1) is 19.4 Å². The molecular weight excluding hydrogens is 320 g/mol. The first-order valence-electron chi connectivity index (χ1n) is 8.85. The van der Waals surface area contributed by atoms with Gasteiger partial charge in [0.25, 0.3) is 0 Å². The lowest BCUT2D eigenvalue weighted by Gasteiger charge is -2.37. The van der Waals surface area contributed by atoms with Gasteiger partial charge in [-0.05, 0) is 29.9 Å². The molecule has 0 amide bonds. The van der Waals surface area contributed by atoms with Gasteiger partial charge in [0.15, 0.2) is 0 Å². The van der Waals surface area contributed by atoms with Crippen molar-refractivity contribution >= 4 is 11.3 Å². The average molecular weight is 346 g/mol. The zero-order valence-corrected chi connectivity index (χ0v) is 15.1. The summed E-state index contributed by atoms with van der Waals surface area (Å²) in [6.45, 7) is 6.15. The second-order valence-electron chi connectivity index (χ2n) is 6.85. The molecule has 2 fully saturated rings. The maximum atomic E-state index is 5.56. The zero-order valence-electron chi connectivity index (χ0n) is 14.3. The van der Waals surface area contributed by atoms with Crippen molar-refractivity contribution in [2.24, 2.45) is 7.05 Å². The molecule has 6 heteroatoms. The van der Waals surface area contributed by atoms with E-state index in [-0.39, 0.29) is 0 Å². The van der Waals surface area contributed by atoms with Gasteiger partial charge in [-0.2, -0.15) is 5.10 Å². The summed E-state index contributed by atoms with van der Waals surface area (Å²) < 4.78 is 7.48. The van der Waals surface area contributed by atoms with Crippen LogP contribution < -0.4 is 0 Å². The molecule has 2 aromatic rings. The first-order valence-corrected chi connectivity index (χ1v) is 9.73. The van der Waals surface area contributed by atoms with Crippen molar-refractivity contribution in [1.29, 1.82) is 0 Å². The molecule has 5 nitrogen and oxygen atoms in total. The van der Waals surface area contributed by atoms with E-state index in [1.54, 1.807) is 0 Å². The summed E-state index contributed by atoms with van der Waals surface area (Å²) in [6, 6.07) is 5.61. The Hall–Kier alpha value is -1.21. The third-order valence-corrected chi connectivity index (χ3v) is 6.14. The molecule has 4 rings (SSSR count). The smallest absolute Gasteiger partial charge is 0.0594 e. The Balaban J connectivity index is 1.52. The SMILES string of the molecule is Cn1cc(C[C@@H]2[C@@H](N3CCOCC3)CCN2Cc2cccs2)cn1. The van der Waals surface area contributed by atoms with Gasteiger partial charge < -0.3 is 4.74 Å². The Labute approximate surface area is 147 Å². The van der Waals surface area contributed by atoms with Crippen LogP contribution in [0.4, 0.5) is 0 Å². The highest BCUT2D eigenvalue weighted by Gasteiger charge is 2.38. The molecule has 2 atom stereocenters. The van der Waals surface area contributed by atoms with Crippen molar-refractivity contribution in [2.45, 2.75) is 31.5 Å². The van der Waals surface area contributed by atoms with Crippen molar-refractivity contribution in [3.8, 4) is 0 Å². The van der Waals surface area contributed by atoms with Gasteiger partial charge >= 0.3 is 0 Å². The fraction of sp³-hybridized carbons (Fsp3) is 0.611. The van der Waals surface area contributed by atoms with E-state index in [2.05, 4.69) is 38.6 Å². The monoisotopic (exact) mass is 346 g/mol. The summed E-state index contributed by atoms with van der Waals surface area (Å²) in [5.74, 6) is 0. The predicted octanol–water partition coefficient (Wildman–Crippen LogP) is 2.00. The van der Waals surface area contributed by atoms with Crippen molar-refractivity contribution in [2.75, 3.05) is 32.8 Å². The van der Waals surface area contributed by atoms with Crippen LogP contribution in [0.1, 0.15) is 16.9 Å². The second kappa shape index (κ2) is 7.35. The summed E-state index contributed by atoms with van der Waals surface area (Å²) in [4.78, 5) is 6.80. The number of nitrogens with zero attached hydrogens (tertiary/aromatic N) is 4. The third-order valence-electron chi connectivity index (χ3n) is 5.28. The van der Waals surface area contributed by atoms with Crippen LogP contribution in [-0.2, 0) is 24.8 Å². The molecule has 0 saturated carbocycles. The van der Waals surface area contributed by atoms with Gasteiger partial charge in [0, 0.05) is 56.4 Å². The minimum atomic E-state index is 0.564. The zero-order chi connectivity index (χ0) is 16.4. The van der Waals surface area contributed by atoms with Crippen LogP contribution in [0.15, 0.2) is 29.9 Å². The summed E-state index contributed by atoms with van der Waals surface area (Å²) in [5.41, 5.74) is 1.35. The standard InChI is InChI=1S/C18H26N4OS/c1-20-13-15(12-19-20)11-18-17(21-6-8-23-9-7-21)4-5-22(18)14-16-3-2-10-24-16/h2-3,10,12-13,17-18H,4-9,11,14H2,1H3/t17-,18+/m0/s1. The quantitative estimate of drug-likeness (QED) is 0.829. The van der Waals surface area contributed by atoms with Gasteiger partial charge in [0.2, 0.25) is 0 Å². The molecule has 2 aliphatic rings. The van der Waals surface area contributed by atoms with E-state index in [0.717, 1.165) is 39.3 Å². The number of hydrogen-bond acceptors (Lipinski definition) is 5. The van der Waals surface area contributed by atoms with Gasteiger partial charge in [-0.15, -0.1) is 11.3 Å². The molecule has 0 spiro atoms. The largest absolute Gasteiger partial charge is 0.379 e. The van der Waals surface area contributed by atoms with E-state index < -0.39 is 0 Å². The van der Waals surface area contributed by atoms with Crippen LogP contribution in [-0.4, -0.2) is 64.5 Å². The summed E-state index contributed by atoms with van der Waals surface area (Å²) in [7, 11) is 2.00.